The van der Waals surface area contributed by atoms with Crippen molar-refractivity contribution >= 4 is 27.0 Å². The number of aryl methyl sites for hydroxylation is 1. The summed E-state index contributed by atoms with van der Waals surface area (Å²) in [5.74, 6) is 0.980. The van der Waals surface area contributed by atoms with Gasteiger partial charge < -0.3 is 14.2 Å². The first-order valence-corrected chi connectivity index (χ1v) is 12.4. The van der Waals surface area contributed by atoms with Crippen LogP contribution < -0.4 is 0 Å². The molecule has 1 aromatic carbocycles. The van der Waals surface area contributed by atoms with Crippen LogP contribution in [0.15, 0.2) is 23.1 Å². The monoisotopic (exact) mass is 449 g/mol. The fourth-order valence-corrected chi connectivity index (χ4v) is 5.75. The van der Waals surface area contributed by atoms with E-state index in [2.05, 4.69) is 4.57 Å². The van der Waals surface area contributed by atoms with Crippen LogP contribution >= 0.6 is 0 Å². The van der Waals surface area contributed by atoms with Gasteiger partial charge in [-0.2, -0.15) is 4.31 Å². The zero-order chi connectivity index (χ0) is 22.0. The van der Waals surface area contributed by atoms with Crippen molar-refractivity contribution in [2.75, 3.05) is 53.0 Å². The maximum Gasteiger partial charge on any atom is 0.243 e. The molecule has 0 bridgehead atoms. The van der Waals surface area contributed by atoms with Crippen LogP contribution in [0, 0.1) is 0 Å². The minimum atomic E-state index is -3.57. The third kappa shape index (κ3) is 4.62. The molecule has 0 saturated carbocycles. The lowest BCUT2D eigenvalue weighted by molar-refractivity contribution is -0.131. The molecule has 0 radical (unpaired) electrons. The van der Waals surface area contributed by atoms with E-state index in [9.17, 15) is 13.2 Å². The van der Waals surface area contributed by atoms with E-state index in [1.54, 1.807) is 12.1 Å². The third-order valence-electron chi connectivity index (χ3n) is 6.00. The summed E-state index contributed by atoms with van der Waals surface area (Å²) in [6.07, 6.45) is 2.16. The smallest absolute Gasteiger partial charge is 0.243 e. The molecule has 0 N–H and O–H groups in total. The minimum Gasteiger partial charge on any atom is -0.379 e. The summed E-state index contributed by atoms with van der Waals surface area (Å²) in [5.41, 5.74) is 1.56. The number of aromatic nitrogens is 2. The van der Waals surface area contributed by atoms with Crippen LogP contribution in [0.4, 0.5) is 0 Å². The van der Waals surface area contributed by atoms with E-state index in [1.807, 2.05) is 29.8 Å². The molecule has 1 aromatic heterocycles. The molecule has 2 aliphatic rings. The molecule has 0 atom stereocenters. The number of rotatable bonds is 7. The Balaban J connectivity index is 1.54. The quantitative estimate of drug-likeness (QED) is 0.630. The van der Waals surface area contributed by atoms with Crippen molar-refractivity contribution in [3.63, 3.8) is 0 Å². The summed E-state index contributed by atoms with van der Waals surface area (Å²) in [4.78, 5) is 21.3. The lowest BCUT2D eigenvalue weighted by Gasteiger charge is -2.26. The molecule has 0 aliphatic carbocycles. The molecule has 0 unspecified atom stereocenters. The van der Waals surface area contributed by atoms with Gasteiger partial charge in [0.1, 0.15) is 5.82 Å². The Hall–Kier alpha value is -2.01. The number of imidazole rings is 1. The van der Waals surface area contributed by atoms with Gasteiger partial charge in [-0.3, -0.25) is 9.69 Å². The Morgan fingerprint density at radius 2 is 1.87 bits per heavy atom. The number of carbonyl (C=O) groups is 1. The maximum atomic E-state index is 13.0. The van der Waals surface area contributed by atoms with Crippen LogP contribution in [-0.2, 0) is 32.6 Å². The Labute approximate surface area is 183 Å². The van der Waals surface area contributed by atoms with Gasteiger partial charge in [0.15, 0.2) is 0 Å². The van der Waals surface area contributed by atoms with Gasteiger partial charge in [0.25, 0.3) is 0 Å². The van der Waals surface area contributed by atoms with Crippen molar-refractivity contribution in [1.29, 1.82) is 0 Å². The van der Waals surface area contributed by atoms with Gasteiger partial charge in [0.05, 0.1) is 42.2 Å². The van der Waals surface area contributed by atoms with Crippen LogP contribution in [-0.4, -0.2) is 91.0 Å². The molecule has 1 amide bonds. The Kier molecular flexibility index (Phi) is 6.61. The van der Waals surface area contributed by atoms with Crippen molar-refractivity contribution in [2.24, 2.45) is 0 Å². The second-order valence-corrected chi connectivity index (χ2v) is 10.1. The molecule has 2 fully saturated rings. The molecule has 2 saturated heterocycles. The molecule has 31 heavy (non-hydrogen) atoms. The number of ether oxygens (including phenoxy) is 1. The summed E-state index contributed by atoms with van der Waals surface area (Å²) in [5, 5.41) is 0. The number of fused-ring (bicyclic) bond motifs is 1. The molecule has 3 heterocycles. The fourth-order valence-electron chi connectivity index (χ4n) is 4.32. The standard InChI is InChI=1S/C21H31N5O4S/c1-3-26-19-7-6-17(31(28,29)25-10-12-30-13-11-25)14-18(19)22-20(26)15-23(2)16-21(27)24-8-4-5-9-24/h6-7,14H,3-5,8-13,15-16H2,1-2H3. The molecule has 10 heteroatoms. The van der Waals surface area contributed by atoms with Crippen LogP contribution in [0.3, 0.4) is 0 Å². The first kappa shape index (κ1) is 22.2. The summed E-state index contributed by atoms with van der Waals surface area (Å²) >= 11 is 0. The molecular weight excluding hydrogens is 418 g/mol. The van der Waals surface area contributed by atoms with Crippen LogP contribution in [0.25, 0.3) is 11.0 Å². The fraction of sp³-hybridized carbons (Fsp3) is 0.619. The molecule has 4 rings (SSSR count). The largest absolute Gasteiger partial charge is 0.379 e. The number of likely N-dealkylation sites (N-methyl/N-ethyl adjacent to an activating group) is 1. The second kappa shape index (κ2) is 9.23. The Morgan fingerprint density at radius 1 is 1.16 bits per heavy atom. The number of benzene rings is 1. The molecule has 170 valence electrons. The summed E-state index contributed by atoms with van der Waals surface area (Å²) < 4.78 is 34.8. The summed E-state index contributed by atoms with van der Waals surface area (Å²) in [6, 6.07) is 5.15. The third-order valence-corrected chi connectivity index (χ3v) is 7.89. The molecule has 9 nitrogen and oxygen atoms in total. The maximum absolute atomic E-state index is 13.0. The van der Waals surface area contributed by atoms with Gasteiger partial charge in [0.2, 0.25) is 15.9 Å². The summed E-state index contributed by atoms with van der Waals surface area (Å²) in [7, 11) is -1.65. The van der Waals surface area contributed by atoms with E-state index < -0.39 is 10.0 Å². The summed E-state index contributed by atoms with van der Waals surface area (Å²) in [6.45, 7) is 6.89. The number of hydrogen-bond acceptors (Lipinski definition) is 6. The normalized spacial score (nSPS) is 18.4. The number of hydrogen-bond donors (Lipinski definition) is 0. The number of sulfonamides is 1. The van der Waals surface area contributed by atoms with Gasteiger partial charge in [-0.25, -0.2) is 13.4 Å². The van der Waals surface area contributed by atoms with E-state index in [4.69, 9.17) is 9.72 Å². The van der Waals surface area contributed by atoms with Crippen LogP contribution in [0.1, 0.15) is 25.6 Å². The van der Waals surface area contributed by atoms with Gasteiger partial charge in [-0.05, 0) is 45.0 Å². The zero-order valence-corrected chi connectivity index (χ0v) is 19.1. The predicted molar refractivity (Wildman–Crippen MR) is 117 cm³/mol. The number of amides is 1. The lowest BCUT2D eigenvalue weighted by Crippen LogP contribution is -2.40. The van der Waals surface area contributed by atoms with Gasteiger partial charge in [-0.1, -0.05) is 0 Å². The highest BCUT2D eigenvalue weighted by atomic mass is 32.2. The molecular formula is C21H31N5O4S. The SMILES string of the molecule is CCn1c(CN(C)CC(=O)N2CCCC2)nc2cc(S(=O)(=O)N3CCOCC3)ccc21. The van der Waals surface area contributed by atoms with Crippen molar-refractivity contribution in [2.45, 2.75) is 37.8 Å². The Morgan fingerprint density at radius 3 is 2.55 bits per heavy atom. The molecule has 2 aliphatic heterocycles. The van der Waals surface area contributed by atoms with Gasteiger partial charge in [0, 0.05) is 32.7 Å². The lowest BCUT2D eigenvalue weighted by atomic mass is 10.3. The van der Waals surface area contributed by atoms with Gasteiger partial charge in [-0.15, -0.1) is 0 Å². The topological polar surface area (TPSA) is 88.0 Å². The van der Waals surface area contributed by atoms with Crippen LogP contribution in [0.2, 0.25) is 0 Å². The van der Waals surface area contributed by atoms with Crippen molar-refractivity contribution in [1.82, 2.24) is 23.7 Å². The number of likely N-dealkylation sites (tertiary alicyclic amines) is 1. The molecule has 0 spiro atoms. The average Bonchev–Trinajstić information content (AvgIpc) is 3.41. The first-order chi connectivity index (χ1) is 14.9. The van der Waals surface area contributed by atoms with E-state index in [0.29, 0.717) is 44.9 Å². The van der Waals surface area contributed by atoms with Crippen LogP contribution in [0.5, 0.6) is 0 Å². The number of morpholine rings is 1. The highest BCUT2D eigenvalue weighted by molar-refractivity contribution is 7.89. The first-order valence-electron chi connectivity index (χ1n) is 10.9. The number of nitrogens with zero attached hydrogens (tertiary/aromatic N) is 5. The highest BCUT2D eigenvalue weighted by Gasteiger charge is 2.27. The Bertz CT molecular complexity index is 1040. The van der Waals surface area contributed by atoms with E-state index in [-0.39, 0.29) is 10.8 Å². The van der Waals surface area contributed by atoms with E-state index in [0.717, 1.165) is 43.8 Å². The van der Waals surface area contributed by atoms with Gasteiger partial charge >= 0.3 is 0 Å². The predicted octanol–water partition coefficient (Wildman–Crippen LogP) is 1.13. The molecule has 2 aromatic rings. The minimum absolute atomic E-state index is 0.151. The second-order valence-electron chi connectivity index (χ2n) is 8.20. The van der Waals surface area contributed by atoms with Crippen molar-refractivity contribution in [3.05, 3.63) is 24.0 Å². The average molecular weight is 450 g/mol. The zero-order valence-electron chi connectivity index (χ0n) is 18.3. The van der Waals surface area contributed by atoms with Crippen molar-refractivity contribution in [3.8, 4) is 0 Å². The van der Waals surface area contributed by atoms with Crippen molar-refractivity contribution < 1.29 is 17.9 Å². The number of carbonyl (C=O) groups excluding carboxylic acids is 1. The van der Waals surface area contributed by atoms with E-state index in [1.165, 1.54) is 4.31 Å². The highest BCUT2D eigenvalue weighted by Crippen LogP contribution is 2.24. The van der Waals surface area contributed by atoms with E-state index >= 15 is 0 Å².